The summed E-state index contributed by atoms with van der Waals surface area (Å²) in [5, 5.41) is 0. The van der Waals surface area contributed by atoms with E-state index in [0.717, 1.165) is 19.4 Å². The first-order valence-corrected chi connectivity index (χ1v) is 11.3. The van der Waals surface area contributed by atoms with Crippen molar-refractivity contribution in [3.05, 3.63) is 0 Å². The minimum Gasteiger partial charge on any atom is -0.377 e. The van der Waals surface area contributed by atoms with Gasteiger partial charge in [0, 0.05) is 6.61 Å². The van der Waals surface area contributed by atoms with Gasteiger partial charge < -0.3 is 42.6 Å². The second-order valence-electron chi connectivity index (χ2n) is 6.64. The monoisotopic (exact) mass is 456 g/mol. The van der Waals surface area contributed by atoms with E-state index in [1.807, 2.05) is 0 Å². The van der Waals surface area contributed by atoms with Crippen LogP contribution < -0.4 is 0 Å². The first-order valence-electron chi connectivity index (χ1n) is 11.3. The molecule has 1 atom stereocenters. The predicted molar refractivity (Wildman–Crippen MR) is 111 cm³/mol. The third kappa shape index (κ3) is 21.2. The lowest BCUT2D eigenvalue weighted by Gasteiger charge is -2.22. The molecule has 1 fully saturated rings. The Hall–Kier alpha value is -0.430. The number of hydrogen-bond acceptors (Lipinski definition) is 9. The van der Waals surface area contributed by atoms with Gasteiger partial charge in [0.15, 0.2) is 6.29 Å². The van der Waals surface area contributed by atoms with Gasteiger partial charge in [0.25, 0.3) is 0 Å². The largest absolute Gasteiger partial charge is 0.377 e. The molecule has 1 aliphatic heterocycles. The molecule has 0 spiro atoms. The van der Waals surface area contributed by atoms with Crippen LogP contribution >= 0.6 is 0 Å². The molecule has 0 aliphatic carbocycles. The van der Waals surface area contributed by atoms with Crippen molar-refractivity contribution in [2.24, 2.45) is 0 Å². The lowest BCUT2D eigenvalue weighted by atomic mass is 10.2. The van der Waals surface area contributed by atoms with Gasteiger partial charge in [-0.05, 0) is 19.3 Å². The van der Waals surface area contributed by atoms with Crippen LogP contribution in [0.3, 0.4) is 0 Å². The van der Waals surface area contributed by atoms with Crippen molar-refractivity contribution in [3.63, 3.8) is 0 Å². The highest BCUT2D eigenvalue weighted by Crippen LogP contribution is 2.13. The van der Waals surface area contributed by atoms with Crippen molar-refractivity contribution < 1.29 is 47.0 Å². The molecule has 1 unspecified atom stereocenters. The number of halogens is 1. The quantitative estimate of drug-likeness (QED) is 0.201. The summed E-state index contributed by atoms with van der Waals surface area (Å²) in [6.07, 6.45) is 3.20. The molecule has 1 aliphatic rings. The highest BCUT2D eigenvalue weighted by Gasteiger charge is 2.13. The zero-order valence-corrected chi connectivity index (χ0v) is 18.8. The third-order valence-electron chi connectivity index (χ3n) is 4.12. The Kier molecular flexibility index (Phi) is 22.3. The number of ether oxygens (including phenoxy) is 9. The van der Waals surface area contributed by atoms with Gasteiger partial charge in [0.05, 0.1) is 99.1 Å². The third-order valence-corrected chi connectivity index (χ3v) is 4.12. The molecule has 0 N–H and O–H groups in total. The summed E-state index contributed by atoms with van der Waals surface area (Å²) in [5.74, 6) is 0. The number of alkyl halides is 1. The molecule has 0 aromatic carbocycles. The van der Waals surface area contributed by atoms with Crippen molar-refractivity contribution in [1.29, 1.82) is 0 Å². The van der Waals surface area contributed by atoms with Crippen LogP contribution in [-0.4, -0.2) is 119 Å². The molecule has 0 aromatic rings. The maximum Gasteiger partial charge on any atom is 0.157 e. The molecule has 0 bridgehead atoms. The van der Waals surface area contributed by atoms with E-state index in [1.54, 1.807) is 0 Å². The molecular weight excluding hydrogens is 415 g/mol. The Labute approximate surface area is 185 Å². The Morgan fingerprint density at radius 3 is 1.26 bits per heavy atom. The van der Waals surface area contributed by atoms with Gasteiger partial charge in [-0.3, -0.25) is 0 Å². The highest BCUT2D eigenvalue weighted by molar-refractivity contribution is 4.53. The first-order chi connectivity index (χ1) is 15.4. The molecule has 0 radical (unpaired) electrons. The minimum absolute atomic E-state index is 0.0620. The van der Waals surface area contributed by atoms with Gasteiger partial charge in [-0.1, -0.05) is 0 Å². The maximum atomic E-state index is 11.8. The van der Waals surface area contributed by atoms with Crippen LogP contribution in [0.1, 0.15) is 19.3 Å². The fourth-order valence-corrected chi connectivity index (χ4v) is 2.56. The van der Waals surface area contributed by atoms with Crippen LogP contribution in [0.5, 0.6) is 0 Å². The van der Waals surface area contributed by atoms with Gasteiger partial charge in [-0.25, -0.2) is 4.39 Å². The summed E-state index contributed by atoms with van der Waals surface area (Å²) < 4.78 is 60.1. The van der Waals surface area contributed by atoms with Crippen molar-refractivity contribution in [2.75, 3.05) is 112 Å². The summed E-state index contributed by atoms with van der Waals surface area (Å²) in [7, 11) is 0. The maximum absolute atomic E-state index is 11.8. The van der Waals surface area contributed by atoms with Crippen LogP contribution in [0.2, 0.25) is 0 Å². The molecule has 9 nitrogen and oxygen atoms in total. The fraction of sp³-hybridized carbons (Fsp3) is 1.00. The Balaban J connectivity index is 1.62. The van der Waals surface area contributed by atoms with E-state index in [1.165, 1.54) is 6.42 Å². The summed E-state index contributed by atoms with van der Waals surface area (Å²) in [6.45, 7) is 7.52. The lowest BCUT2D eigenvalue weighted by molar-refractivity contribution is -0.169. The van der Waals surface area contributed by atoms with Crippen LogP contribution in [0.15, 0.2) is 0 Å². The predicted octanol–water partition coefficient (Wildman–Crippen LogP) is 1.62. The van der Waals surface area contributed by atoms with Crippen LogP contribution in [0, 0.1) is 0 Å². The Morgan fingerprint density at radius 2 is 0.903 bits per heavy atom. The van der Waals surface area contributed by atoms with Crippen LogP contribution in [0.4, 0.5) is 4.39 Å². The van der Waals surface area contributed by atoms with Gasteiger partial charge in [0.1, 0.15) is 6.67 Å². The normalized spacial score (nSPS) is 16.7. The van der Waals surface area contributed by atoms with Gasteiger partial charge in [-0.2, -0.15) is 0 Å². The van der Waals surface area contributed by atoms with E-state index >= 15 is 0 Å². The van der Waals surface area contributed by atoms with Crippen LogP contribution in [-0.2, 0) is 42.6 Å². The SMILES string of the molecule is FCCOCCOCCOCCOCCOCCOCCOCCOC1CCCCO1. The zero-order chi connectivity index (χ0) is 22.1. The molecule has 0 aromatic heterocycles. The first kappa shape index (κ1) is 28.6. The molecule has 0 saturated carbocycles. The van der Waals surface area contributed by atoms with Crippen molar-refractivity contribution in [1.82, 2.24) is 0 Å². The van der Waals surface area contributed by atoms with Gasteiger partial charge >= 0.3 is 0 Å². The van der Waals surface area contributed by atoms with Crippen molar-refractivity contribution in [3.8, 4) is 0 Å². The molecule has 1 heterocycles. The van der Waals surface area contributed by atoms with E-state index in [-0.39, 0.29) is 12.9 Å². The van der Waals surface area contributed by atoms with E-state index in [9.17, 15) is 4.39 Å². The van der Waals surface area contributed by atoms with E-state index in [0.29, 0.717) is 92.5 Å². The second-order valence-corrected chi connectivity index (χ2v) is 6.64. The van der Waals surface area contributed by atoms with Gasteiger partial charge in [0.2, 0.25) is 0 Å². The fourth-order valence-electron chi connectivity index (χ4n) is 2.56. The zero-order valence-electron chi connectivity index (χ0n) is 18.8. The summed E-state index contributed by atoms with van der Waals surface area (Å²) in [5.41, 5.74) is 0. The topological polar surface area (TPSA) is 83.1 Å². The average molecular weight is 457 g/mol. The summed E-state index contributed by atoms with van der Waals surface area (Å²) >= 11 is 0. The molecule has 1 rings (SSSR count). The van der Waals surface area contributed by atoms with Crippen molar-refractivity contribution in [2.45, 2.75) is 25.6 Å². The molecule has 1 saturated heterocycles. The van der Waals surface area contributed by atoms with E-state index in [2.05, 4.69) is 0 Å². The molecule has 31 heavy (non-hydrogen) atoms. The van der Waals surface area contributed by atoms with Crippen LogP contribution in [0.25, 0.3) is 0 Å². The minimum atomic E-state index is -0.467. The molecular formula is C21H41FO9. The lowest BCUT2D eigenvalue weighted by Crippen LogP contribution is -2.24. The van der Waals surface area contributed by atoms with E-state index in [4.69, 9.17) is 42.6 Å². The summed E-state index contributed by atoms with van der Waals surface area (Å²) in [4.78, 5) is 0. The molecule has 10 heteroatoms. The average Bonchev–Trinajstić information content (AvgIpc) is 2.80. The van der Waals surface area contributed by atoms with Crippen molar-refractivity contribution >= 4 is 0 Å². The van der Waals surface area contributed by atoms with E-state index < -0.39 is 6.67 Å². The summed E-state index contributed by atoms with van der Waals surface area (Å²) in [6, 6.07) is 0. The molecule has 186 valence electrons. The number of rotatable bonds is 24. The second kappa shape index (κ2) is 24.2. The number of hydrogen-bond donors (Lipinski definition) is 0. The van der Waals surface area contributed by atoms with Gasteiger partial charge in [-0.15, -0.1) is 0 Å². The Morgan fingerprint density at radius 1 is 0.516 bits per heavy atom. The highest BCUT2D eigenvalue weighted by atomic mass is 19.1. The molecule has 0 amide bonds. The smallest absolute Gasteiger partial charge is 0.157 e. The Bertz CT molecular complexity index is 347. The standard InChI is InChI=1S/C21H41FO9/c22-4-6-23-7-8-24-9-10-25-11-12-26-13-14-27-15-16-28-17-18-29-19-20-31-21-3-1-2-5-30-21/h21H,1-20H2.